The van der Waals surface area contributed by atoms with Crippen LogP contribution >= 0.6 is 0 Å². The van der Waals surface area contributed by atoms with E-state index in [-0.39, 0.29) is 11.3 Å². The van der Waals surface area contributed by atoms with Crippen molar-refractivity contribution in [3.05, 3.63) is 95.6 Å². The molecule has 0 bridgehead atoms. The number of amides is 1. The average molecular weight is 415 g/mol. The lowest BCUT2D eigenvalue weighted by Crippen LogP contribution is -2.29. The Morgan fingerprint density at radius 3 is 1.90 bits per heavy atom. The fourth-order valence-electron chi connectivity index (χ4n) is 3.69. The second-order valence-corrected chi connectivity index (χ2v) is 7.01. The van der Waals surface area contributed by atoms with E-state index < -0.39 is 17.7 Å². The van der Waals surface area contributed by atoms with Gasteiger partial charge in [0.1, 0.15) is 17.3 Å². The van der Waals surface area contributed by atoms with Gasteiger partial charge in [0.25, 0.3) is 11.7 Å². The van der Waals surface area contributed by atoms with Gasteiger partial charge in [0, 0.05) is 11.3 Å². The highest BCUT2D eigenvalue weighted by Gasteiger charge is 2.46. The number of hydrogen-bond donors (Lipinski definition) is 1. The number of anilines is 1. The topological polar surface area (TPSA) is 76.1 Å². The molecule has 0 unspecified atom stereocenters. The first-order chi connectivity index (χ1) is 15.0. The maximum Gasteiger partial charge on any atom is 0.300 e. The standard InChI is InChI=1S/C25H21NO5/c1-30-19-12-8-16(9-13-19)22-21(23(27)17-6-4-3-5-7-17)24(28)25(29)26(22)18-10-14-20(31-2)15-11-18/h3-15,22,27H,1-2H3/b23-21+/t22-/m0/s1. The van der Waals surface area contributed by atoms with E-state index in [1.165, 1.54) is 4.90 Å². The molecule has 1 saturated heterocycles. The number of aliphatic hydroxyl groups is 1. The van der Waals surface area contributed by atoms with E-state index in [1.54, 1.807) is 87.0 Å². The minimum atomic E-state index is -0.792. The van der Waals surface area contributed by atoms with Crippen LogP contribution in [0.15, 0.2) is 84.4 Å². The Hall–Kier alpha value is -4.06. The Bertz CT molecular complexity index is 1130. The van der Waals surface area contributed by atoms with Crippen LogP contribution in [0.25, 0.3) is 5.76 Å². The SMILES string of the molecule is COc1ccc([C@H]2/C(=C(\O)c3ccccc3)C(=O)C(=O)N2c2ccc(OC)cc2)cc1. The van der Waals surface area contributed by atoms with Crippen LogP contribution in [0.2, 0.25) is 0 Å². The molecule has 0 radical (unpaired) electrons. The summed E-state index contributed by atoms with van der Waals surface area (Å²) in [6, 6.07) is 21.9. The van der Waals surface area contributed by atoms with Crippen molar-refractivity contribution >= 4 is 23.1 Å². The lowest BCUT2D eigenvalue weighted by Gasteiger charge is -2.25. The molecule has 1 heterocycles. The van der Waals surface area contributed by atoms with Crippen LogP contribution in [-0.2, 0) is 9.59 Å². The zero-order valence-electron chi connectivity index (χ0n) is 17.1. The number of nitrogens with zero attached hydrogens (tertiary/aromatic N) is 1. The molecule has 0 aliphatic carbocycles. The average Bonchev–Trinajstić information content (AvgIpc) is 3.09. The third-order valence-electron chi connectivity index (χ3n) is 5.27. The predicted molar refractivity (Wildman–Crippen MR) is 117 cm³/mol. The number of hydrogen-bond acceptors (Lipinski definition) is 5. The van der Waals surface area contributed by atoms with E-state index in [0.29, 0.717) is 28.3 Å². The molecule has 6 heteroatoms. The van der Waals surface area contributed by atoms with Gasteiger partial charge < -0.3 is 14.6 Å². The number of ether oxygens (including phenoxy) is 2. The summed E-state index contributed by atoms with van der Waals surface area (Å²) < 4.78 is 10.4. The van der Waals surface area contributed by atoms with E-state index in [1.807, 2.05) is 6.07 Å². The summed E-state index contributed by atoms with van der Waals surface area (Å²) in [6.45, 7) is 0. The van der Waals surface area contributed by atoms with Gasteiger partial charge in [-0.05, 0) is 42.0 Å². The first-order valence-corrected chi connectivity index (χ1v) is 9.69. The van der Waals surface area contributed by atoms with E-state index in [9.17, 15) is 14.7 Å². The van der Waals surface area contributed by atoms with Gasteiger partial charge >= 0.3 is 0 Å². The number of aliphatic hydroxyl groups excluding tert-OH is 1. The minimum absolute atomic E-state index is 0.0391. The number of carbonyl (C=O) groups excluding carboxylic acids is 2. The van der Waals surface area contributed by atoms with Crippen molar-refractivity contribution in [3.63, 3.8) is 0 Å². The molecule has 1 aliphatic rings. The monoisotopic (exact) mass is 415 g/mol. The van der Waals surface area contributed by atoms with Gasteiger partial charge in [-0.2, -0.15) is 0 Å². The molecule has 1 fully saturated rings. The molecule has 6 nitrogen and oxygen atoms in total. The Kier molecular flexibility index (Phi) is 5.45. The number of ketones is 1. The molecule has 156 valence electrons. The van der Waals surface area contributed by atoms with Crippen LogP contribution in [0, 0.1) is 0 Å². The van der Waals surface area contributed by atoms with Crippen LogP contribution < -0.4 is 14.4 Å². The Balaban J connectivity index is 1.90. The highest BCUT2D eigenvalue weighted by atomic mass is 16.5. The van der Waals surface area contributed by atoms with E-state index in [4.69, 9.17) is 9.47 Å². The number of benzene rings is 3. The zero-order valence-corrected chi connectivity index (χ0v) is 17.1. The second-order valence-electron chi connectivity index (χ2n) is 7.01. The number of rotatable bonds is 5. The third kappa shape index (κ3) is 3.64. The fourth-order valence-corrected chi connectivity index (χ4v) is 3.69. The normalized spacial score (nSPS) is 17.6. The van der Waals surface area contributed by atoms with Crippen LogP contribution in [-0.4, -0.2) is 31.0 Å². The smallest absolute Gasteiger partial charge is 0.300 e. The van der Waals surface area contributed by atoms with Gasteiger partial charge in [0.05, 0.1) is 25.8 Å². The first-order valence-electron chi connectivity index (χ1n) is 9.69. The summed E-state index contributed by atoms with van der Waals surface area (Å²) in [5, 5.41) is 11.0. The Morgan fingerprint density at radius 1 is 0.806 bits per heavy atom. The van der Waals surface area contributed by atoms with Crippen molar-refractivity contribution in [2.45, 2.75) is 6.04 Å². The molecule has 4 rings (SSSR count). The van der Waals surface area contributed by atoms with Crippen molar-refractivity contribution in [1.29, 1.82) is 0 Å². The van der Waals surface area contributed by atoms with Crippen LogP contribution in [0.5, 0.6) is 11.5 Å². The van der Waals surface area contributed by atoms with Gasteiger partial charge in [-0.1, -0.05) is 42.5 Å². The van der Waals surface area contributed by atoms with Crippen molar-refractivity contribution < 1.29 is 24.2 Å². The molecule has 0 spiro atoms. The van der Waals surface area contributed by atoms with E-state index in [0.717, 1.165) is 0 Å². The summed E-state index contributed by atoms with van der Waals surface area (Å²) in [4.78, 5) is 27.6. The van der Waals surface area contributed by atoms with Gasteiger partial charge in [-0.15, -0.1) is 0 Å². The van der Waals surface area contributed by atoms with Crippen molar-refractivity contribution in [1.82, 2.24) is 0 Å². The van der Waals surface area contributed by atoms with Gasteiger partial charge in [-0.25, -0.2) is 0 Å². The zero-order chi connectivity index (χ0) is 22.0. The van der Waals surface area contributed by atoms with Gasteiger partial charge in [0.2, 0.25) is 0 Å². The Morgan fingerprint density at radius 2 is 1.35 bits per heavy atom. The van der Waals surface area contributed by atoms with E-state index >= 15 is 0 Å². The third-order valence-corrected chi connectivity index (χ3v) is 5.27. The number of methoxy groups -OCH3 is 2. The van der Waals surface area contributed by atoms with Crippen molar-refractivity contribution in [2.75, 3.05) is 19.1 Å². The summed E-state index contributed by atoms with van der Waals surface area (Å²) in [5.74, 6) is -0.379. The summed E-state index contributed by atoms with van der Waals surface area (Å²) in [7, 11) is 3.12. The Labute approximate surface area is 180 Å². The first kappa shape index (κ1) is 20.2. The molecule has 0 saturated carbocycles. The van der Waals surface area contributed by atoms with E-state index in [2.05, 4.69) is 0 Å². The van der Waals surface area contributed by atoms with Gasteiger partial charge in [-0.3, -0.25) is 14.5 Å². The molecule has 0 aromatic heterocycles. The molecule has 1 N–H and O–H groups in total. The van der Waals surface area contributed by atoms with Gasteiger partial charge in [0.15, 0.2) is 0 Å². The molecule has 3 aromatic rings. The second kappa shape index (κ2) is 8.36. The van der Waals surface area contributed by atoms with Crippen LogP contribution in [0.1, 0.15) is 17.2 Å². The number of Topliss-reactive ketones (excluding diaryl/α,β-unsaturated/α-hetero) is 1. The molecular weight excluding hydrogens is 394 g/mol. The van der Waals surface area contributed by atoms with Crippen molar-refractivity contribution in [3.8, 4) is 11.5 Å². The molecule has 1 aliphatic heterocycles. The van der Waals surface area contributed by atoms with Crippen LogP contribution in [0.3, 0.4) is 0 Å². The molecule has 1 amide bonds. The lowest BCUT2D eigenvalue weighted by atomic mass is 9.95. The van der Waals surface area contributed by atoms with Crippen LogP contribution in [0.4, 0.5) is 5.69 Å². The quantitative estimate of drug-likeness (QED) is 0.381. The molecule has 3 aromatic carbocycles. The maximum absolute atomic E-state index is 13.1. The molecular formula is C25H21NO5. The maximum atomic E-state index is 13.1. The predicted octanol–water partition coefficient (Wildman–Crippen LogP) is 4.33. The minimum Gasteiger partial charge on any atom is -0.507 e. The highest BCUT2D eigenvalue weighted by Crippen LogP contribution is 2.42. The fraction of sp³-hybridized carbons (Fsp3) is 0.120. The molecule has 1 atom stereocenters. The lowest BCUT2D eigenvalue weighted by molar-refractivity contribution is -0.132. The summed E-state index contributed by atoms with van der Waals surface area (Å²) in [6.07, 6.45) is 0. The molecule has 31 heavy (non-hydrogen) atoms. The largest absolute Gasteiger partial charge is 0.507 e. The van der Waals surface area contributed by atoms with Crippen molar-refractivity contribution in [2.24, 2.45) is 0 Å². The highest BCUT2D eigenvalue weighted by molar-refractivity contribution is 6.51. The summed E-state index contributed by atoms with van der Waals surface area (Å²) in [5.41, 5.74) is 1.70. The summed E-state index contributed by atoms with van der Waals surface area (Å²) >= 11 is 0. The number of carbonyl (C=O) groups is 2.